The van der Waals surface area contributed by atoms with Crippen LogP contribution in [0.25, 0.3) is 78.2 Å². The Morgan fingerprint density at radius 2 is 1.02 bits per heavy atom. The van der Waals surface area contributed by atoms with Crippen LogP contribution in [0.4, 0.5) is 23.1 Å². The molecule has 1 aliphatic rings. The summed E-state index contributed by atoms with van der Waals surface area (Å²) in [6, 6.07) is 39.7. The van der Waals surface area contributed by atoms with Gasteiger partial charge in [0.2, 0.25) is 29.1 Å². The van der Waals surface area contributed by atoms with Crippen LogP contribution in [-0.2, 0) is 30.5 Å². The van der Waals surface area contributed by atoms with Gasteiger partial charge in [-0.1, -0.05) is 119 Å². The molecule has 5 aromatic carbocycles. The molecular formula is C71H71BBr3Cl5N26O3Si. The van der Waals surface area contributed by atoms with Gasteiger partial charge in [0.25, 0.3) is 5.91 Å². The van der Waals surface area contributed by atoms with Crippen molar-refractivity contribution in [3.63, 3.8) is 0 Å². The van der Waals surface area contributed by atoms with Gasteiger partial charge in [0, 0.05) is 104 Å². The summed E-state index contributed by atoms with van der Waals surface area (Å²) >= 11 is 39.9. The second kappa shape index (κ2) is 40.1. The van der Waals surface area contributed by atoms with Crippen LogP contribution in [0.3, 0.4) is 0 Å². The first-order chi connectivity index (χ1) is 51.7. The molecule has 0 radical (unpaired) electrons. The van der Waals surface area contributed by atoms with Crippen molar-refractivity contribution >= 4 is 161 Å². The Morgan fingerprint density at radius 1 is 0.582 bits per heavy atom. The molecular weight excluding hydrogens is 1720 g/mol. The number of nitrogen functional groups attached to an aromatic ring is 2. The first kappa shape index (κ1) is 87.2. The maximum atomic E-state index is 12.4. The second-order valence-corrected chi connectivity index (χ2v) is 34.8. The van der Waals surface area contributed by atoms with Crippen molar-refractivity contribution in [3.8, 4) is 67.8 Å². The third-order valence-corrected chi connectivity index (χ3v) is 20.4. The van der Waals surface area contributed by atoms with E-state index in [0.717, 1.165) is 69.0 Å². The predicted octanol–water partition coefficient (Wildman–Crippen LogP) is 16.7. The average molecular weight is 1790 g/mol. The summed E-state index contributed by atoms with van der Waals surface area (Å²) in [5.74, 6) is 4.98. The summed E-state index contributed by atoms with van der Waals surface area (Å²) in [6.07, 6.45) is 8.21. The molecule has 566 valence electrons. The molecule has 14 rings (SSSR count). The maximum absolute atomic E-state index is 12.4. The Bertz CT molecular complexity index is 5320. The van der Waals surface area contributed by atoms with Gasteiger partial charge in [-0.2, -0.15) is 24.4 Å². The van der Waals surface area contributed by atoms with Crippen LogP contribution in [0.5, 0.6) is 0 Å². The van der Waals surface area contributed by atoms with Crippen molar-refractivity contribution in [2.24, 2.45) is 21.1 Å². The molecule has 1 fully saturated rings. The highest BCUT2D eigenvalue weighted by atomic mass is 79.9. The first-order valence-corrected chi connectivity index (χ1v) is 40.0. The van der Waals surface area contributed by atoms with E-state index in [9.17, 15) is 4.79 Å². The Labute approximate surface area is 685 Å². The molecule has 0 aliphatic carbocycles. The van der Waals surface area contributed by atoms with Gasteiger partial charge >= 0.3 is 7.12 Å². The molecule has 110 heavy (non-hydrogen) atoms. The SMILES string of the molecule is C.CC1(C)OB(c2ccc(N)nc2)OC1(C)C.C[Si](C)(C)C=[N+]=[N-].Cc1ccncc1C(=O)Nc1ccc(-c2cc(-c3nnn(C)n3)ccc2Cl)cn1.Clc1ccc(-c2nn[nH]n2)cc1Br.Cn1nnc(-c2ccc(Cl)c(-c3ccc(N)nc3)c2)n1.Cn1nnc(-c2ccc(Cl)c(Br)c2)n1.[C-]#[N+]c1ccc(Cl)c(Br)c1. The molecule has 39 heteroatoms. The third kappa shape index (κ3) is 25.3. The number of nitrogens with zero attached hydrogens (tertiary/aromatic N) is 22. The number of carbonyl (C=O) groups is 1. The van der Waals surface area contributed by atoms with Gasteiger partial charge in [-0.3, -0.25) is 9.78 Å². The number of halogens is 8. The van der Waals surface area contributed by atoms with Gasteiger partial charge in [0.1, 0.15) is 17.5 Å². The van der Waals surface area contributed by atoms with Gasteiger partial charge in [0.05, 0.1) is 59.5 Å². The van der Waals surface area contributed by atoms with Crippen molar-refractivity contribution in [2.75, 3.05) is 16.8 Å². The van der Waals surface area contributed by atoms with Crippen LogP contribution in [0.15, 0.2) is 178 Å². The molecule has 1 aliphatic heterocycles. The van der Waals surface area contributed by atoms with E-state index in [4.69, 9.17) is 90.9 Å². The molecule has 0 atom stereocenters. The van der Waals surface area contributed by atoms with E-state index in [2.05, 4.69) is 169 Å². The fraction of sp³-hybridized carbons (Fsp3) is 0.197. The van der Waals surface area contributed by atoms with Crippen LogP contribution in [-0.4, -0.2) is 144 Å². The molecule has 0 saturated carbocycles. The molecule has 6 N–H and O–H groups in total. The van der Waals surface area contributed by atoms with Crippen LogP contribution in [0, 0.1) is 13.5 Å². The summed E-state index contributed by atoms with van der Waals surface area (Å²) < 4.78 is 14.2. The fourth-order valence-corrected chi connectivity index (χ4v) is 11.1. The van der Waals surface area contributed by atoms with Crippen molar-refractivity contribution < 1.29 is 18.9 Å². The van der Waals surface area contributed by atoms with Crippen LogP contribution < -0.4 is 22.2 Å². The number of amides is 1. The monoisotopic (exact) mass is 1790 g/mol. The highest BCUT2D eigenvalue weighted by Crippen LogP contribution is 2.38. The number of H-pyrrole nitrogens is 1. The highest BCUT2D eigenvalue weighted by molar-refractivity contribution is 9.11. The number of hydrogen-bond acceptors (Lipinski definition) is 21. The number of benzene rings is 5. The van der Waals surface area contributed by atoms with Crippen molar-refractivity contribution in [1.29, 1.82) is 0 Å². The Kier molecular flexibility index (Phi) is 31.8. The van der Waals surface area contributed by atoms with Gasteiger partial charge < -0.3 is 31.6 Å². The van der Waals surface area contributed by atoms with Gasteiger partial charge in [-0.15, -0.1) is 40.8 Å². The average Bonchev–Trinajstić information content (AvgIpc) is 1.62. The number of pyridine rings is 4. The predicted molar refractivity (Wildman–Crippen MR) is 445 cm³/mol. The summed E-state index contributed by atoms with van der Waals surface area (Å²) in [5, 5.41) is 55.3. The van der Waals surface area contributed by atoms with Crippen molar-refractivity contribution in [2.45, 2.75) is 72.9 Å². The standard InChI is InChI=1S/C20H16ClN7O.C13H11ClN6.C11H17BN2O2.C8H6BrClN4.C7H4BrClN4.C7H3BrClN.C4H10N2Si.CH4/c1-12-7-8-22-11-16(12)20(29)24-18-6-4-14(10-23-18)15-9-13(3-5-17(15)21)19-25-27-28(2)26-19;1-20-18-13(17-19-20)8-2-4-11(14)10(6-8)9-3-5-12(15)16-7-9;1-10(2)11(3,4)16-12(15-10)8-5-6-9(13)14-7-8;1-14-12-8(11-13-14)5-2-3-7(10)6(9)4-5;8-5-3-4(1-2-6(5)9)7-10-12-13-11-7;1-10-5-2-3-7(9)6(8)4-5;1-7(2,3)4-6-5;/h3-11H,1-2H3,(H,23,24,29);2-7H,1H3,(H2,15,16);5-7H,1-4H3,(H2,13,14);2-4H,1H3;1-3H,(H,10,11,12,13);2-4H;4H,1-3H3;1H4. The van der Waals surface area contributed by atoms with Crippen molar-refractivity contribution in [1.82, 2.24) is 101 Å². The van der Waals surface area contributed by atoms with Crippen LogP contribution in [0.1, 0.15) is 51.0 Å². The van der Waals surface area contributed by atoms with E-state index < -0.39 is 8.07 Å². The summed E-state index contributed by atoms with van der Waals surface area (Å²) in [7, 11) is 3.59. The molecule has 8 aromatic heterocycles. The van der Waals surface area contributed by atoms with Gasteiger partial charge in [-0.25, -0.2) is 19.8 Å². The lowest BCUT2D eigenvalue weighted by Crippen LogP contribution is -2.41. The van der Waals surface area contributed by atoms with Gasteiger partial charge in [0.15, 0.2) is 13.8 Å². The Hall–Kier alpha value is -9.99. The van der Waals surface area contributed by atoms with E-state index in [0.29, 0.717) is 77.1 Å². The Morgan fingerprint density at radius 3 is 1.39 bits per heavy atom. The molecule has 0 bridgehead atoms. The molecule has 1 saturated heterocycles. The number of rotatable bonds is 10. The maximum Gasteiger partial charge on any atom is 0.496 e. The molecule has 13 aromatic rings. The van der Waals surface area contributed by atoms with Crippen molar-refractivity contribution in [3.05, 3.63) is 231 Å². The highest BCUT2D eigenvalue weighted by Gasteiger charge is 2.51. The zero-order valence-electron chi connectivity index (χ0n) is 60.0. The van der Waals surface area contributed by atoms with E-state index >= 15 is 0 Å². The lowest BCUT2D eigenvalue weighted by Gasteiger charge is -2.32. The fourth-order valence-electron chi connectivity index (χ4n) is 8.86. The van der Waals surface area contributed by atoms with Gasteiger partial charge in [-0.05, 0) is 208 Å². The number of hydrogen-bond donors (Lipinski definition) is 4. The van der Waals surface area contributed by atoms with Crippen LogP contribution >= 0.6 is 106 Å². The Balaban J connectivity index is 0.000000185. The number of nitrogens with two attached hydrogens (primary N) is 2. The molecule has 29 nitrogen and oxygen atoms in total. The summed E-state index contributed by atoms with van der Waals surface area (Å²) in [4.78, 5) is 39.3. The van der Waals surface area contributed by atoms with Crippen LogP contribution in [0.2, 0.25) is 44.8 Å². The lowest BCUT2D eigenvalue weighted by atomic mass is 9.80. The smallest absolute Gasteiger partial charge is 0.399 e. The molecule has 0 unspecified atom stereocenters. The quantitative estimate of drug-likeness (QED) is 0.0325. The molecule has 0 spiro atoms. The minimum Gasteiger partial charge on any atom is -0.399 e. The van der Waals surface area contributed by atoms with E-state index in [1.807, 2.05) is 101 Å². The van der Waals surface area contributed by atoms with E-state index in [1.165, 1.54) is 20.6 Å². The van der Waals surface area contributed by atoms with E-state index in [-0.39, 0.29) is 31.7 Å². The third-order valence-electron chi connectivity index (χ3n) is 15.2. The summed E-state index contributed by atoms with van der Waals surface area (Å²) in [6.45, 7) is 22.9. The van der Waals surface area contributed by atoms with E-state index in [1.54, 1.807) is 118 Å². The number of anilines is 3. The zero-order chi connectivity index (χ0) is 79.3. The number of aryl methyl sites for hydroxylation is 4. The second-order valence-electron chi connectivity index (χ2n) is 25.2. The molecule has 1 amide bonds. The zero-order valence-corrected chi connectivity index (χ0v) is 69.5. The summed E-state index contributed by atoms with van der Waals surface area (Å²) in [5.41, 5.74) is 28.0. The number of carbonyl (C=O) groups excluding carboxylic acids is 1. The largest absolute Gasteiger partial charge is 0.496 e. The number of aromatic nitrogens is 20. The molecule has 9 heterocycles. The number of aromatic amines is 1. The topological polar surface area (TPSA) is 377 Å². The number of nitrogens with one attached hydrogen (secondary N) is 2. The first-order valence-electron chi connectivity index (χ1n) is 32.1. The lowest BCUT2D eigenvalue weighted by molar-refractivity contribution is 0.00578. The number of tetrazole rings is 4. The minimum absolute atomic E-state index is 0. The normalized spacial score (nSPS) is 12.0. The minimum atomic E-state index is -1.20.